The highest BCUT2D eigenvalue weighted by atomic mass is 16.2. The molecule has 2 unspecified atom stereocenters. The quantitative estimate of drug-likeness (QED) is 0.694. The molecule has 2 heteroatoms. The van der Waals surface area contributed by atoms with Crippen LogP contribution in [0.3, 0.4) is 0 Å². The van der Waals surface area contributed by atoms with Crippen LogP contribution in [-0.4, -0.2) is 11.9 Å². The van der Waals surface area contributed by atoms with Crippen molar-refractivity contribution in [3.8, 4) is 0 Å². The monoisotopic (exact) mass is 181 g/mol. The van der Waals surface area contributed by atoms with E-state index in [4.69, 9.17) is 0 Å². The molecule has 1 heterocycles. The summed E-state index contributed by atoms with van der Waals surface area (Å²) >= 11 is 0. The first-order valence-electron chi connectivity index (χ1n) is 5.31. The van der Waals surface area contributed by atoms with Gasteiger partial charge in [-0.15, -0.1) is 0 Å². The van der Waals surface area contributed by atoms with E-state index in [1.54, 1.807) is 0 Å². The third-order valence-corrected chi connectivity index (χ3v) is 4.42. The van der Waals surface area contributed by atoms with Gasteiger partial charge in [0.25, 0.3) is 0 Å². The van der Waals surface area contributed by atoms with Gasteiger partial charge in [-0.1, -0.05) is 20.8 Å². The Labute approximate surface area is 80.1 Å². The van der Waals surface area contributed by atoms with Gasteiger partial charge in [0.05, 0.1) is 0 Å². The van der Waals surface area contributed by atoms with E-state index in [0.717, 1.165) is 12.8 Å². The SMILES string of the molecule is CCC1NC(=O)CC1(C)C1(C)CC1. The van der Waals surface area contributed by atoms with Crippen molar-refractivity contribution in [1.29, 1.82) is 0 Å². The van der Waals surface area contributed by atoms with Crippen molar-refractivity contribution in [1.82, 2.24) is 5.32 Å². The molecule has 2 rings (SSSR count). The van der Waals surface area contributed by atoms with Gasteiger partial charge in [-0.3, -0.25) is 4.79 Å². The maximum atomic E-state index is 11.4. The van der Waals surface area contributed by atoms with Crippen molar-refractivity contribution in [3.63, 3.8) is 0 Å². The van der Waals surface area contributed by atoms with E-state index in [-0.39, 0.29) is 11.3 Å². The lowest BCUT2D eigenvalue weighted by molar-refractivity contribution is -0.120. The van der Waals surface area contributed by atoms with E-state index in [0.29, 0.717) is 11.5 Å². The third kappa shape index (κ3) is 1.11. The average Bonchev–Trinajstić information content (AvgIpc) is 2.73. The van der Waals surface area contributed by atoms with Crippen LogP contribution in [0.2, 0.25) is 0 Å². The minimum Gasteiger partial charge on any atom is -0.353 e. The number of rotatable bonds is 2. The average molecular weight is 181 g/mol. The Morgan fingerprint density at radius 3 is 2.54 bits per heavy atom. The van der Waals surface area contributed by atoms with Crippen molar-refractivity contribution in [3.05, 3.63) is 0 Å². The Morgan fingerprint density at radius 1 is 1.46 bits per heavy atom. The molecular weight excluding hydrogens is 162 g/mol. The summed E-state index contributed by atoms with van der Waals surface area (Å²) in [7, 11) is 0. The molecule has 0 radical (unpaired) electrons. The Morgan fingerprint density at radius 2 is 2.08 bits per heavy atom. The summed E-state index contributed by atoms with van der Waals surface area (Å²) in [6.45, 7) is 6.78. The topological polar surface area (TPSA) is 29.1 Å². The van der Waals surface area contributed by atoms with Gasteiger partial charge in [-0.05, 0) is 24.7 Å². The smallest absolute Gasteiger partial charge is 0.220 e. The highest BCUT2D eigenvalue weighted by Gasteiger charge is 2.59. The molecule has 74 valence electrons. The van der Waals surface area contributed by atoms with Crippen molar-refractivity contribution < 1.29 is 4.79 Å². The van der Waals surface area contributed by atoms with E-state index in [1.807, 2.05) is 0 Å². The first kappa shape index (κ1) is 9.04. The predicted octanol–water partition coefficient (Wildman–Crippen LogP) is 2.09. The molecule has 1 N–H and O–H groups in total. The van der Waals surface area contributed by atoms with Gasteiger partial charge >= 0.3 is 0 Å². The van der Waals surface area contributed by atoms with Crippen molar-refractivity contribution in [2.75, 3.05) is 0 Å². The Bertz CT molecular complexity index is 244. The first-order valence-corrected chi connectivity index (χ1v) is 5.31. The standard InChI is InChI=1S/C11H19NO/c1-4-8-11(3,7-9(13)12-8)10(2)5-6-10/h8H,4-7H2,1-3H3,(H,12,13). The molecule has 1 saturated heterocycles. The fourth-order valence-corrected chi connectivity index (χ4v) is 2.81. The molecule has 0 spiro atoms. The first-order chi connectivity index (χ1) is 6.02. The number of carbonyl (C=O) groups excluding carboxylic acids is 1. The fourth-order valence-electron chi connectivity index (χ4n) is 2.81. The zero-order valence-electron chi connectivity index (χ0n) is 8.81. The molecule has 0 bridgehead atoms. The fraction of sp³-hybridized carbons (Fsp3) is 0.909. The molecule has 0 aromatic carbocycles. The molecule has 2 aliphatic rings. The van der Waals surface area contributed by atoms with Crippen LogP contribution in [0.15, 0.2) is 0 Å². The van der Waals surface area contributed by atoms with E-state index in [2.05, 4.69) is 26.1 Å². The summed E-state index contributed by atoms with van der Waals surface area (Å²) in [5, 5.41) is 3.10. The molecule has 2 atom stereocenters. The van der Waals surface area contributed by atoms with Crippen molar-refractivity contribution in [2.24, 2.45) is 10.8 Å². The lowest BCUT2D eigenvalue weighted by Crippen LogP contribution is -2.39. The van der Waals surface area contributed by atoms with Gasteiger partial charge in [-0.25, -0.2) is 0 Å². The van der Waals surface area contributed by atoms with Gasteiger partial charge in [0.15, 0.2) is 0 Å². The van der Waals surface area contributed by atoms with Crippen molar-refractivity contribution in [2.45, 2.75) is 52.5 Å². The largest absolute Gasteiger partial charge is 0.353 e. The Kier molecular flexibility index (Phi) is 1.73. The van der Waals surface area contributed by atoms with E-state index >= 15 is 0 Å². The molecule has 1 saturated carbocycles. The van der Waals surface area contributed by atoms with Gasteiger partial charge in [0, 0.05) is 17.9 Å². The summed E-state index contributed by atoms with van der Waals surface area (Å²) in [5.41, 5.74) is 0.658. The van der Waals surface area contributed by atoms with Crippen LogP contribution in [-0.2, 0) is 4.79 Å². The third-order valence-electron chi connectivity index (χ3n) is 4.42. The van der Waals surface area contributed by atoms with Crippen LogP contribution < -0.4 is 5.32 Å². The highest BCUT2D eigenvalue weighted by Crippen LogP contribution is 2.62. The maximum absolute atomic E-state index is 11.4. The zero-order chi connectivity index (χ0) is 9.69. The molecule has 2 nitrogen and oxygen atoms in total. The predicted molar refractivity (Wildman–Crippen MR) is 52.3 cm³/mol. The summed E-state index contributed by atoms with van der Waals surface area (Å²) in [6.07, 6.45) is 4.41. The van der Waals surface area contributed by atoms with Crippen LogP contribution in [0.1, 0.15) is 46.5 Å². The van der Waals surface area contributed by atoms with Crippen LogP contribution in [0.4, 0.5) is 0 Å². The minimum atomic E-state index is 0.221. The summed E-state index contributed by atoms with van der Waals surface area (Å²) < 4.78 is 0. The number of hydrogen-bond acceptors (Lipinski definition) is 1. The number of hydrogen-bond donors (Lipinski definition) is 1. The van der Waals surface area contributed by atoms with Crippen LogP contribution in [0, 0.1) is 10.8 Å². The summed E-state index contributed by atoms with van der Waals surface area (Å²) in [6, 6.07) is 0.410. The number of nitrogens with one attached hydrogen (secondary N) is 1. The van der Waals surface area contributed by atoms with Crippen LogP contribution in [0.25, 0.3) is 0 Å². The molecule has 2 fully saturated rings. The number of carbonyl (C=O) groups is 1. The molecule has 1 aliphatic heterocycles. The van der Waals surface area contributed by atoms with E-state index < -0.39 is 0 Å². The molecule has 0 aromatic heterocycles. The second-order valence-electron chi connectivity index (χ2n) is 5.18. The zero-order valence-corrected chi connectivity index (χ0v) is 8.81. The lowest BCUT2D eigenvalue weighted by Gasteiger charge is -2.36. The molecule has 1 amide bonds. The van der Waals surface area contributed by atoms with Gasteiger partial charge < -0.3 is 5.32 Å². The van der Waals surface area contributed by atoms with Gasteiger partial charge in [0.1, 0.15) is 0 Å². The highest BCUT2D eigenvalue weighted by molar-refractivity contribution is 5.80. The number of amides is 1. The maximum Gasteiger partial charge on any atom is 0.220 e. The van der Waals surface area contributed by atoms with E-state index in [1.165, 1.54) is 12.8 Å². The molecule has 1 aliphatic carbocycles. The van der Waals surface area contributed by atoms with Crippen molar-refractivity contribution >= 4 is 5.91 Å². The summed E-state index contributed by atoms with van der Waals surface area (Å²) in [5.74, 6) is 0.252. The normalized spacial score (nSPS) is 41.8. The Balaban J connectivity index is 2.24. The van der Waals surface area contributed by atoms with Gasteiger partial charge in [0.2, 0.25) is 5.91 Å². The molecule has 13 heavy (non-hydrogen) atoms. The second-order valence-corrected chi connectivity index (χ2v) is 5.18. The van der Waals surface area contributed by atoms with Gasteiger partial charge in [-0.2, -0.15) is 0 Å². The molecule has 0 aromatic rings. The molecular formula is C11H19NO. The lowest BCUT2D eigenvalue weighted by atomic mass is 9.69. The van der Waals surface area contributed by atoms with Crippen LogP contribution in [0.5, 0.6) is 0 Å². The van der Waals surface area contributed by atoms with Crippen LogP contribution >= 0.6 is 0 Å². The Hall–Kier alpha value is -0.530. The second kappa shape index (κ2) is 2.49. The summed E-state index contributed by atoms with van der Waals surface area (Å²) in [4.78, 5) is 11.4. The van der Waals surface area contributed by atoms with E-state index in [9.17, 15) is 4.79 Å². The minimum absolute atomic E-state index is 0.221.